The standard InChI is InChI=1S/C23H19Cl2N5OS/c1-15(22(31)27-20-13-18(24)7-8-19(20)25)32-23-29-28-21(17-9-11-26-12-10-17)30(23)14-16-5-3-2-4-6-16/h2-13,15H,14H2,1H3,(H,27,31). The summed E-state index contributed by atoms with van der Waals surface area (Å²) in [5.74, 6) is 0.503. The predicted octanol–water partition coefficient (Wildman–Crippen LogP) is 5.81. The zero-order chi connectivity index (χ0) is 22.5. The van der Waals surface area contributed by atoms with Crippen molar-refractivity contribution in [2.75, 3.05) is 5.32 Å². The summed E-state index contributed by atoms with van der Waals surface area (Å²) < 4.78 is 2.01. The van der Waals surface area contributed by atoms with E-state index in [9.17, 15) is 4.79 Å². The van der Waals surface area contributed by atoms with E-state index in [0.717, 1.165) is 11.1 Å². The number of hydrogen-bond acceptors (Lipinski definition) is 5. The molecule has 0 saturated carbocycles. The van der Waals surface area contributed by atoms with Crippen LogP contribution in [0.15, 0.2) is 78.2 Å². The predicted molar refractivity (Wildman–Crippen MR) is 129 cm³/mol. The molecule has 162 valence electrons. The van der Waals surface area contributed by atoms with Crippen LogP contribution in [0.2, 0.25) is 10.0 Å². The van der Waals surface area contributed by atoms with Gasteiger partial charge in [-0.25, -0.2) is 0 Å². The third-order valence-electron chi connectivity index (χ3n) is 4.68. The van der Waals surface area contributed by atoms with Crippen molar-refractivity contribution in [3.05, 3.63) is 88.7 Å². The van der Waals surface area contributed by atoms with Gasteiger partial charge in [0.25, 0.3) is 0 Å². The molecule has 32 heavy (non-hydrogen) atoms. The van der Waals surface area contributed by atoms with Crippen molar-refractivity contribution >= 4 is 46.6 Å². The molecule has 2 heterocycles. The molecule has 0 spiro atoms. The van der Waals surface area contributed by atoms with E-state index in [1.54, 1.807) is 30.6 Å². The van der Waals surface area contributed by atoms with Crippen molar-refractivity contribution in [1.82, 2.24) is 19.7 Å². The van der Waals surface area contributed by atoms with Gasteiger partial charge in [-0.1, -0.05) is 65.3 Å². The second kappa shape index (κ2) is 10.2. The molecule has 4 rings (SSSR count). The summed E-state index contributed by atoms with van der Waals surface area (Å²) in [5.41, 5.74) is 2.48. The fourth-order valence-electron chi connectivity index (χ4n) is 3.04. The number of amides is 1. The summed E-state index contributed by atoms with van der Waals surface area (Å²) >= 11 is 13.5. The number of thioether (sulfide) groups is 1. The third kappa shape index (κ3) is 5.30. The second-order valence-corrected chi connectivity index (χ2v) is 9.14. The molecular formula is C23H19Cl2N5OS. The minimum atomic E-state index is -0.450. The van der Waals surface area contributed by atoms with Crippen LogP contribution in [0.25, 0.3) is 11.4 Å². The quantitative estimate of drug-likeness (QED) is 0.335. The van der Waals surface area contributed by atoms with Crippen LogP contribution in [0.1, 0.15) is 12.5 Å². The Balaban J connectivity index is 1.59. The molecule has 9 heteroatoms. The number of carbonyl (C=O) groups is 1. The van der Waals surface area contributed by atoms with Gasteiger partial charge in [0.1, 0.15) is 0 Å². The van der Waals surface area contributed by atoms with Crippen molar-refractivity contribution in [3.8, 4) is 11.4 Å². The van der Waals surface area contributed by atoms with E-state index < -0.39 is 5.25 Å². The topological polar surface area (TPSA) is 72.7 Å². The van der Waals surface area contributed by atoms with Gasteiger partial charge in [0.15, 0.2) is 11.0 Å². The maximum atomic E-state index is 12.8. The van der Waals surface area contributed by atoms with Crippen molar-refractivity contribution in [2.45, 2.75) is 23.9 Å². The van der Waals surface area contributed by atoms with Gasteiger partial charge in [-0.3, -0.25) is 14.3 Å². The van der Waals surface area contributed by atoms with E-state index in [1.807, 2.05) is 54.0 Å². The van der Waals surface area contributed by atoms with Crippen molar-refractivity contribution < 1.29 is 4.79 Å². The molecule has 2 aromatic heterocycles. The zero-order valence-electron chi connectivity index (χ0n) is 17.1. The maximum absolute atomic E-state index is 12.8. The highest BCUT2D eigenvalue weighted by atomic mass is 35.5. The number of rotatable bonds is 7. The molecule has 0 radical (unpaired) electrons. The summed E-state index contributed by atoms with van der Waals surface area (Å²) in [6.07, 6.45) is 3.43. The zero-order valence-corrected chi connectivity index (χ0v) is 19.4. The lowest BCUT2D eigenvalue weighted by atomic mass is 10.2. The van der Waals surface area contributed by atoms with Gasteiger partial charge in [0, 0.05) is 23.0 Å². The van der Waals surface area contributed by atoms with Crippen LogP contribution < -0.4 is 5.32 Å². The van der Waals surface area contributed by atoms with Gasteiger partial charge in [0.2, 0.25) is 5.91 Å². The number of aromatic nitrogens is 4. The lowest BCUT2D eigenvalue weighted by molar-refractivity contribution is -0.115. The molecule has 2 aromatic carbocycles. The van der Waals surface area contributed by atoms with E-state index in [1.165, 1.54) is 11.8 Å². The Morgan fingerprint density at radius 2 is 1.81 bits per heavy atom. The molecule has 1 unspecified atom stereocenters. The van der Waals surface area contributed by atoms with Gasteiger partial charge in [-0.15, -0.1) is 10.2 Å². The van der Waals surface area contributed by atoms with Gasteiger partial charge in [-0.2, -0.15) is 0 Å². The number of nitrogens with one attached hydrogen (secondary N) is 1. The number of anilines is 1. The Morgan fingerprint density at radius 3 is 2.56 bits per heavy atom. The highest BCUT2D eigenvalue weighted by Gasteiger charge is 2.22. The summed E-state index contributed by atoms with van der Waals surface area (Å²) in [7, 11) is 0. The molecule has 0 aliphatic rings. The number of carbonyl (C=O) groups excluding carboxylic acids is 1. The smallest absolute Gasteiger partial charge is 0.237 e. The first-order valence-corrected chi connectivity index (χ1v) is 11.4. The first kappa shape index (κ1) is 22.3. The summed E-state index contributed by atoms with van der Waals surface area (Å²) in [5, 5.41) is 12.7. The first-order chi connectivity index (χ1) is 15.5. The molecule has 0 fully saturated rings. The van der Waals surface area contributed by atoms with Crippen LogP contribution in [0.4, 0.5) is 5.69 Å². The van der Waals surface area contributed by atoms with Crippen molar-refractivity contribution in [3.63, 3.8) is 0 Å². The summed E-state index contributed by atoms with van der Waals surface area (Å²) in [6, 6.07) is 18.8. The van der Waals surface area contributed by atoms with Crippen LogP contribution >= 0.6 is 35.0 Å². The molecule has 0 bridgehead atoms. The largest absolute Gasteiger partial charge is 0.324 e. The number of halogens is 2. The SMILES string of the molecule is CC(Sc1nnc(-c2ccncc2)n1Cc1ccccc1)C(=O)Nc1cc(Cl)ccc1Cl. The van der Waals surface area contributed by atoms with E-state index >= 15 is 0 Å². The third-order valence-corrected chi connectivity index (χ3v) is 6.32. The minimum Gasteiger partial charge on any atom is -0.324 e. The molecule has 4 aromatic rings. The van der Waals surface area contributed by atoms with Gasteiger partial charge >= 0.3 is 0 Å². The van der Waals surface area contributed by atoms with Crippen LogP contribution in [0.3, 0.4) is 0 Å². The average Bonchev–Trinajstić information content (AvgIpc) is 3.19. The van der Waals surface area contributed by atoms with Crippen LogP contribution in [-0.2, 0) is 11.3 Å². The molecule has 0 aliphatic carbocycles. The highest BCUT2D eigenvalue weighted by Crippen LogP contribution is 2.30. The fourth-order valence-corrected chi connectivity index (χ4v) is 4.22. The number of pyridine rings is 1. The molecule has 1 atom stereocenters. The minimum absolute atomic E-state index is 0.209. The Labute approximate surface area is 200 Å². The Hall–Kier alpha value is -2.87. The fraction of sp³-hybridized carbons (Fsp3) is 0.130. The Kier molecular flexibility index (Phi) is 7.09. The molecular weight excluding hydrogens is 465 g/mol. The van der Waals surface area contributed by atoms with Gasteiger partial charge < -0.3 is 5.32 Å². The van der Waals surface area contributed by atoms with E-state index in [4.69, 9.17) is 23.2 Å². The average molecular weight is 484 g/mol. The van der Waals surface area contributed by atoms with Crippen LogP contribution in [-0.4, -0.2) is 30.9 Å². The molecule has 1 amide bonds. The van der Waals surface area contributed by atoms with E-state index in [2.05, 4.69) is 20.5 Å². The Bertz CT molecular complexity index is 1220. The van der Waals surface area contributed by atoms with Gasteiger partial charge in [-0.05, 0) is 42.8 Å². The highest BCUT2D eigenvalue weighted by molar-refractivity contribution is 8.00. The summed E-state index contributed by atoms with van der Waals surface area (Å²) in [6.45, 7) is 2.38. The number of hydrogen-bond donors (Lipinski definition) is 1. The number of nitrogens with zero attached hydrogens (tertiary/aromatic N) is 4. The van der Waals surface area contributed by atoms with Crippen LogP contribution in [0, 0.1) is 0 Å². The normalized spacial score (nSPS) is 11.8. The number of benzene rings is 2. The second-order valence-electron chi connectivity index (χ2n) is 6.99. The molecule has 1 N–H and O–H groups in total. The monoisotopic (exact) mass is 483 g/mol. The van der Waals surface area contributed by atoms with Gasteiger partial charge in [0.05, 0.1) is 22.5 Å². The van der Waals surface area contributed by atoms with E-state index in [0.29, 0.717) is 33.3 Å². The van der Waals surface area contributed by atoms with E-state index in [-0.39, 0.29) is 5.91 Å². The molecule has 6 nitrogen and oxygen atoms in total. The lowest BCUT2D eigenvalue weighted by Crippen LogP contribution is -2.23. The maximum Gasteiger partial charge on any atom is 0.237 e. The molecule has 0 aliphatic heterocycles. The Morgan fingerprint density at radius 1 is 1.06 bits per heavy atom. The molecule has 0 saturated heterocycles. The van der Waals surface area contributed by atoms with Crippen molar-refractivity contribution in [1.29, 1.82) is 0 Å². The summed E-state index contributed by atoms with van der Waals surface area (Å²) in [4.78, 5) is 16.9. The van der Waals surface area contributed by atoms with Crippen molar-refractivity contribution in [2.24, 2.45) is 0 Å². The first-order valence-electron chi connectivity index (χ1n) is 9.81. The lowest BCUT2D eigenvalue weighted by Gasteiger charge is -2.15. The van der Waals surface area contributed by atoms with Crippen LogP contribution in [0.5, 0.6) is 0 Å².